The summed E-state index contributed by atoms with van der Waals surface area (Å²) in [6, 6.07) is 6.69. The van der Waals surface area contributed by atoms with Gasteiger partial charge in [0, 0.05) is 17.3 Å². The van der Waals surface area contributed by atoms with Crippen molar-refractivity contribution < 1.29 is 13.2 Å². The van der Waals surface area contributed by atoms with Crippen LogP contribution in [0.3, 0.4) is 0 Å². The Kier molecular flexibility index (Phi) is 5.19. The van der Waals surface area contributed by atoms with Crippen LogP contribution in [0.25, 0.3) is 0 Å². The molecule has 21 heavy (non-hydrogen) atoms. The second kappa shape index (κ2) is 6.91. The molecule has 0 aliphatic carbocycles. The standard InChI is InChI=1S/C14H21N3O3S/c1-2-21(19,20)17-13-5-3-12(4-6-13)16-14(18)11-7-9-15-10-8-11/h3-6,11,15,17H,2,7-10H2,1H3,(H,16,18). The van der Waals surface area contributed by atoms with Crippen LogP contribution in [0.2, 0.25) is 0 Å². The number of amides is 1. The first kappa shape index (κ1) is 15.8. The van der Waals surface area contributed by atoms with Gasteiger partial charge in [-0.1, -0.05) is 0 Å². The maximum atomic E-state index is 12.1. The Labute approximate surface area is 125 Å². The van der Waals surface area contributed by atoms with E-state index in [9.17, 15) is 13.2 Å². The van der Waals surface area contributed by atoms with Gasteiger partial charge in [0.25, 0.3) is 0 Å². The van der Waals surface area contributed by atoms with E-state index in [1.54, 1.807) is 31.2 Å². The first-order valence-corrected chi connectivity index (χ1v) is 8.77. The molecule has 1 heterocycles. The van der Waals surface area contributed by atoms with Crippen molar-refractivity contribution in [3.8, 4) is 0 Å². The van der Waals surface area contributed by atoms with Gasteiger partial charge in [-0.2, -0.15) is 0 Å². The highest BCUT2D eigenvalue weighted by atomic mass is 32.2. The molecule has 3 N–H and O–H groups in total. The summed E-state index contributed by atoms with van der Waals surface area (Å²) in [6.45, 7) is 3.32. The van der Waals surface area contributed by atoms with Crippen LogP contribution in [0, 0.1) is 5.92 Å². The van der Waals surface area contributed by atoms with E-state index in [1.807, 2.05) is 0 Å². The lowest BCUT2D eigenvalue weighted by Crippen LogP contribution is -2.34. The summed E-state index contributed by atoms with van der Waals surface area (Å²) in [5.74, 6) is 0.101. The van der Waals surface area contributed by atoms with Crippen molar-refractivity contribution in [3.05, 3.63) is 24.3 Å². The van der Waals surface area contributed by atoms with Crippen molar-refractivity contribution in [3.63, 3.8) is 0 Å². The smallest absolute Gasteiger partial charge is 0.232 e. The van der Waals surface area contributed by atoms with Crippen LogP contribution in [0.1, 0.15) is 19.8 Å². The van der Waals surface area contributed by atoms with E-state index in [-0.39, 0.29) is 17.6 Å². The first-order valence-electron chi connectivity index (χ1n) is 7.12. The van der Waals surface area contributed by atoms with Crippen LogP contribution in [-0.2, 0) is 14.8 Å². The SMILES string of the molecule is CCS(=O)(=O)Nc1ccc(NC(=O)C2CCNCC2)cc1. The number of nitrogens with one attached hydrogen (secondary N) is 3. The molecule has 1 aromatic carbocycles. The number of sulfonamides is 1. The molecule has 0 radical (unpaired) electrons. The zero-order chi connectivity index (χ0) is 15.3. The van der Waals surface area contributed by atoms with Gasteiger partial charge in [0.05, 0.1) is 5.75 Å². The van der Waals surface area contributed by atoms with E-state index in [1.165, 1.54) is 0 Å². The summed E-state index contributed by atoms with van der Waals surface area (Å²) in [5.41, 5.74) is 1.18. The third-order valence-corrected chi connectivity index (χ3v) is 4.82. The van der Waals surface area contributed by atoms with Gasteiger partial charge in [-0.3, -0.25) is 9.52 Å². The van der Waals surface area contributed by atoms with E-state index in [0.717, 1.165) is 25.9 Å². The molecular weight excluding hydrogens is 290 g/mol. The molecule has 2 rings (SSSR count). The lowest BCUT2D eigenvalue weighted by atomic mass is 9.97. The highest BCUT2D eigenvalue weighted by Gasteiger charge is 2.20. The predicted molar refractivity (Wildman–Crippen MR) is 83.7 cm³/mol. The topological polar surface area (TPSA) is 87.3 Å². The molecular formula is C14H21N3O3S. The fourth-order valence-corrected chi connectivity index (χ4v) is 2.84. The van der Waals surface area contributed by atoms with Crippen molar-refractivity contribution in [2.24, 2.45) is 5.92 Å². The Balaban J connectivity index is 1.94. The van der Waals surface area contributed by atoms with Crippen LogP contribution in [0.4, 0.5) is 11.4 Å². The van der Waals surface area contributed by atoms with E-state index >= 15 is 0 Å². The number of carbonyl (C=O) groups is 1. The van der Waals surface area contributed by atoms with E-state index in [4.69, 9.17) is 0 Å². The van der Waals surface area contributed by atoms with Gasteiger partial charge in [-0.15, -0.1) is 0 Å². The van der Waals surface area contributed by atoms with E-state index < -0.39 is 10.0 Å². The second-order valence-electron chi connectivity index (χ2n) is 5.10. The minimum atomic E-state index is -3.27. The Morgan fingerprint density at radius 2 is 1.76 bits per heavy atom. The van der Waals surface area contributed by atoms with Crippen molar-refractivity contribution >= 4 is 27.3 Å². The van der Waals surface area contributed by atoms with Crippen LogP contribution < -0.4 is 15.4 Å². The summed E-state index contributed by atoms with van der Waals surface area (Å²) in [6.07, 6.45) is 1.69. The molecule has 1 aliphatic rings. The van der Waals surface area contributed by atoms with E-state index in [0.29, 0.717) is 11.4 Å². The summed E-state index contributed by atoms with van der Waals surface area (Å²) in [5, 5.41) is 6.09. The normalized spacial score (nSPS) is 16.4. The first-order chi connectivity index (χ1) is 10.00. The van der Waals surface area contributed by atoms with Crippen molar-refractivity contribution in [2.45, 2.75) is 19.8 Å². The number of benzene rings is 1. The van der Waals surface area contributed by atoms with Crippen LogP contribution >= 0.6 is 0 Å². The zero-order valence-corrected chi connectivity index (χ0v) is 12.9. The lowest BCUT2D eigenvalue weighted by Gasteiger charge is -2.21. The van der Waals surface area contributed by atoms with Crippen LogP contribution in [0.5, 0.6) is 0 Å². The monoisotopic (exact) mass is 311 g/mol. The minimum absolute atomic E-state index is 0.0263. The molecule has 1 fully saturated rings. The van der Waals surface area contributed by atoms with Gasteiger partial charge in [-0.25, -0.2) is 8.42 Å². The van der Waals surface area contributed by atoms with Gasteiger partial charge >= 0.3 is 0 Å². The third-order valence-electron chi connectivity index (χ3n) is 3.52. The average molecular weight is 311 g/mol. The van der Waals surface area contributed by atoms with E-state index in [2.05, 4.69) is 15.4 Å². The summed E-state index contributed by atoms with van der Waals surface area (Å²) < 4.78 is 25.4. The Morgan fingerprint density at radius 3 is 2.33 bits per heavy atom. The Bertz CT molecular complexity index is 578. The number of rotatable bonds is 5. The minimum Gasteiger partial charge on any atom is -0.326 e. The van der Waals surface area contributed by atoms with Crippen molar-refractivity contribution in [1.82, 2.24) is 5.32 Å². The zero-order valence-electron chi connectivity index (χ0n) is 12.1. The summed E-state index contributed by atoms with van der Waals surface area (Å²) in [7, 11) is -3.27. The number of hydrogen-bond donors (Lipinski definition) is 3. The maximum Gasteiger partial charge on any atom is 0.232 e. The molecule has 6 nitrogen and oxygen atoms in total. The van der Waals surface area contributed by atoms with Crippen LogP contribution in [-0.4, -0.2) is 33.2 Å². The molecule has 0 atom stereocenters. The molecule has 0 bridgehead atoms. The highest BCUT2D eigenvalue weighted by molar-refractivity contribution is 7.92. The predicted octanol–water partition coefficient (Wildman–Crippen LogP) is 1.39. The molecule has 0 spiro atoms. The molecule has 1 amide bonds. The average Bonchev–Trinajstić information content (AvgIpc) is 2.50. The fraction of sp³-hybridized carbons (Fsp3) is 0.500. The molecule has 1 aromatic rings. The summed E-state index contributed by atoms with van der Waals surface area (Å²) in [4.78, 5) is 12.1. The van der Waals surface area contributed by atoms with Crippen molar-refractivity contribution in [2.75, 3.05) is 28.9 Å². The number of hydrogen-bond acceptors (Lipinski definition) is 4. The quantitative estimate of drug-likeness (QED) is 0.767. The molecule has 1 aliphatic heterocycles. The van der Waals surface area contributed by atoms with Gasteiger partial charge < -0.3 is 10.6 Å². The van der Waals surface area contributed by atoms with Gasteiger partial charge in [-0.05, 0) is 57.1 Å². The maximum absolute atomic E-state index is 12.1. The van der Waals surface area contributed by atoms with Gasteiger partial charge in [0.15, 0.2) is 0 Å². The third kappa shape index (κ3) is 4.71. The molecule has 0 aromatic heterocycles. The number of piperidine rings is 1. The Hall–Kier alpha value is -1.60. The fourth-order valence-electron chi connectivity index (χ4n) is 2.20. The molecule has 1 saturated heterocycles. The largest absolute Gasteiger partial charge is 0.326 e. The highest BCUT2D eigenvalue weighted by Crippen LogP contribution is 2.18. The number of carbonyl (C=O) groups excluding carboxylic acids is 1. The lowest BCUT2D eigenvalue weighted by molar-refractivity contribution is -0.120. The summed E-state index contributed by atoms with van der Waals surface area (Å²) >= 11 is 0. The second-order valence-corrected chi connectivity index (χ2v) is 7.11. The molecule has 7 heteroatoms. The molecule has 0 unspecified atom stereocenters. The Morgan fingerprint density at radius 1 is 1.19 bits per heavy atom. The van der Waals surface area contributed by atoms with Crippen LogP contribution in [0.15, 0.2) is 24.3 Å². The molecule has 0 saturated carbocycles. The molecule has 116 valence electrons. The number of anilines is 2. The van der Waals surface area contributed by atoms with Crippen molar-refractivity contribution in [1.29, 1.82) is 0 Å². The van der Waals surface area contributed by atoms with Gasteiger partial charge in [0.2, 0.25) is 15.9 Å². The van der Waals surface area contributed by atoms with Gasteiger partial charge in [0.1, 0.15) is 0 Å².